The zero-order chi connectivity index (χ0) is 16.1. The molecule has 0 radical (unpaired) electrons. The highest BCUT2D eigenvalue weighted by atomic mass is 79.9. The van der Waals surface area contributed by atoms with Gasteiger partial charge < -0.3 is 10.1 Å². The van der Waals surface area contributed by atoms with Crippen LogP contribution < -0.4 is 10.1 Å². The molecule has 0 saturated heterocycles. The van der Waals surface area contributed by atoms with Gasteiger partial charge in [-0.05, 0) is 36.8 Å². The van der Waals surface area contributed by atoms with Crippen LogP contribution in [0.15, 0.2) is 46.9 Å². The molecule has 5 heteroatoms. The number of rotatable bonds is 5. The molecule has 0 fully saturated rings. The Morgan fingerprint density at radius 1 is 1.32 bits per heavy atom. The molecule has 3 nitrogen and oxygen atoms in total. The van der Waals surface area contributed by atoms with E-state index in [1.165, 1.54) is 0 Å². The van der Waals surface area contributed by atoms with Crippen LogP contribution in [-0.2, 0) is 11.2 Å². The van der Waals surface area contributed by atoms with E-state index >= 15 is 0 Å². The van der Waals surface area contributed by atoms with Crippen LogP contribution in [0.3, 0.4) is 0 Å². The summed E-state index contributed by atoms with van der Waals surface area (Å²) in [7, 11) is 1.58. The molecular formula is C17H17BrClNO2. The minimum absolute atomic E-state index is 0.0798. The summed E-state index contributed by atoms with van der Waals surface area (Å²) in [6, 6.07) is 13.0. The second kappa shape index (κ2) is 7.65. The molecule has 1 N–H and O–H groups in total. The first-order chi connectivity index (χ1) is 10.5. The number of carbonyl (C=O) groups excluding carboxylic acids is 1. The fourth-order valence-corrected chi connectivity index (χ4v) is 3.08. The van der Waals surface area contributed by atoms with Gasteiger partial charge in [-0.1, -0.05) is 45.7 Å². The standard InChI is InChI=1S/C17H17BrClNO2/c1-11(14-5-3-4-6-15(14)18)20-17(21)10-12-9-13(19)7-8-16(12)22-2/h3-9,11H,10H2,1-2H3,(H,20,21). The first-order valence-corrected chi connectivity index (χ1v) is 8.04. The summed E-state index contributed by atoms with van der Waals surface area (Å²) in [5, 5.41) is 3.57. The van der Waals surface area contributed by atoms with Crippen molar-refractivity contribution in [2.45, 2.75) is 19.4 Å². The molecule has 0 spiro atoms. The molecule has 2 rings (SSSR count). The minimum Gasteiger partial charge on any atom is -0.496 e. The van der Waals surface area contributed by atoms with E-state index in [0.717, 1.165) is 15.6 Å². The summed E-state index contributed by atoms with van der Waals surface area (Å²) in [5.41, 5.74) is 1.81. The Hall–Kier alpha value is -1.52. The zero-order valence-electron chi connectivity index (χ0n) is 12.4. The first-order valence-electron chi connectivity index (χ1n) is 6.87. The Kier molecular flexibility index (Phi) is 5.86. The van der Waals surface area contributed by atoms with Gasteiger partial charge >= 0.3 is 0 Å². The molecule has 2 aromatic carbocycles. The first kappa shape index (κ1) is 16.8. The maximum absolute atomic E-state index is 12.3. The number of amides is 1. The van der Waals surface area contributed by atoms with Crippen LogP contribution in [-0.4, -0.2) is 13.0 Å². The molecule has 1 unspecified atom stereocenters. The van der Waals surface area contributed by atoms with Crippen molar-refractivity contribution in [3.63, 3.8) is 0 Å². The summed E-state index contributed by atoms with van der Waals surface area (Å²) in [6.45, 7) is 1.95. The lowest BCUT2D eigenvalue weighted by molar-refractivity contribution is -0.121. The number of halogens is 2. The molecule has 0 bridgehead atoms. The lowest BCUT2D eigenvalue weighted by Crippen LogP contribution is -2.28. The van der Waals surface area contributed by atoms with Crippen LogP contribution in [0, 0.1) is 0 Å². The third-order valence-electron chi connectivity index (χ3n) is 3.34. The second-order valence-electron chi connectivity index (χ2n) is 4.94. The van der Waals surface area contributed by atoms with Crippen LogP contribution in [0.25, 0.3) is 0 Å². The maximum Gasteiger partial charge on any atom is 0.225 e. The number of benzene rings is 2. The van der Waals surface area contributed by atoms with Crippen molar-refractivity contribution >= 4 is 33.4 Å². The normalized spacial score (nSPS) is 11.8. The van der Waals surface area contributed by atoms with Gasteiger partial charge in [-0.2, -0.15) is 0 Å². The highest BCUT2D eigenvalue weighted by Crippen LogP contribution is 2.25. The fourth-order valence-electron chi connectivity index (χ4n) is 2.25. The summed E-state index contributed by atoms with van der Waals surface area (Å²) >= 11 is 9.48. The number of hydrogen-bond acceptors (Lipinski definition) is 2. The van der Waals surface area contributed by atoms with Crippen LogP contribution in [0.4, 0.5) is 0 Å². The maximum atomic E-state index is 12.3. The van der Waals surface area contributed by atoms with Crippen molar-refractivity contribution in [1.29, 1.82) is 0 Å². The second-order valence-corrected chi connectivity index (χ2v) is 6.23. The number of ether oxygens (including phenoxy) is 1. The summed E-state index contributed by atoms with van der Waals surface area (Å²) < 4.78 is 6.24. The number of nitrogens with one attached hydrogen (secondary N) is 1. The molecule has 1 atom stereocenters. The molecular weight excluding hydrogens is 366 g/mol. The quantitative estimate of drug-likeness (QED) is 0.825. The van der Waals surface area contributed by atoms with Crippen LogP contribution in [0.2, 0.25) is 5.02 Å². The predicted octanol–water partition coefficient (Wildman–Crippen LogP) is 4.53. The van der Waals surface area contributed by atoms with Gasteiger partial charge in [-0.3, -0.25) is 4.79 Å². The van der Waals surface area contributed by atoms with Crippen LogP contribution in [0.5, 0.6) is 5.75 Å². The van der Waals surface area contributed by atoms with Gasteiger partial charge in [0, 0.05) is 15.1 Å². The Morgan fingerprint density at radius 2 is 2.05 bits per heavy atom. The van der Waals surface area contributed by atoms with Crippen molar-refractivity contribution in [3.05, 3.63) is 63.1 Å². The van der Waals surface area contributed by atoms with Crippen molar-refractivity contribution < 1.29 is 9.53 Å². The Bertz CT molecular complexity index is 675. The lowest BCUT2D eigenvalue weighted by atomic mass is 10.1. The lowest BCUT2D eigenvalue weighted by Gasteiger charge is -2.16. The average molecular weight is 383 g/mol. The molecule has 22 heavy (non-hydrogen) atoms. The number of carbonyl (C=O) groups is 1. The molecule has 2 aromatic rings. The van der Waals surface area contributed by atoms with E-state index < -0.39 is 0 Å². The van der Waals surface area contributed by atoms with E-state index in [-0.39, 0.29) is 18.4 Å². The Morgan fingerprint density at radius 3 is 2.73 bits per heavy atom. The average Bonchev–Trinajstić information content (AvgIpc) is 2.47. The monoisotopic (exact) mass is 381 g/mol. The predicted molar refractivity (Wildman–Crippen MR) is 92.4 cm³/mol. The largest absolute Gasteiger partial charge is 0.496 e. The molecule has 0 heterocycles. The molecule has 1 amide bonds. The molecule has 0 aromatic heterocycles. The third kappa shape index (κ3) is 4.24. The van der Waals surface area contributed by atoms with Crippen molar-refractivity contribution in [2.24, 2.45) is 0 Å². The van der Waals surface area contributed by atoms with Crippen molar-refractivity contribution in [2.75, 3.05) is 7.11 Å². The van der Waals surface area contributed by atoms with E-state index in [1.54, 1.807) is 25.3 Å². The Labute approximate surface area is 143 Å². The van der Waals surface area contributed by atoms with Gasteiger partial charge in [-0.25, -0.2) is 0 Å². The Balaban J connectivity index is 2.07. The van der Waals surface area contributed by atoms with Gasteiger partial charge in [0.25, 0.3) is 0 Å². The van der Waals surface area contributed by atoms with E-state index in [2.05, 4.69) is 21.2 Å². The summed E-state index contributed by atoms with van der Waals surface area (Å²) in [4.78, 5) is 12.3. The highest BCUT2D eigenvalue weighted by Gasteiger charge is 2.14. The van der Waals surface area contributed by atoms with Gasteiger partial charge in [0.1, 0.15) is 5.75 Å². The summed E-state index contributed by atoms with van der Waals surface area (Å²) in [5.74, 6) is 0.580. The van der Waals surface area contributed by atoms with E-state index in [0.29, 0.717) is 10.8 Å². The van der Waals surface area contributed by atoms with E-state index in [1.807, 2.05) is 31.2 Å². The minimum atomic E-state index is -0.0896. The van der Waals surface area contributed by atoms with Crippen LogP contribution >= 0.6 is 27.5 Å². The molecule has 0 aliphatic rings. The number of hydrogen-bond donors (Lipinski definition) is 1. The summed E-state index contributed by atoms with van der Waals surface area (Å²) in [6.07, 6.45) is 0.221. The topological polar surface area (TPSA) is 38.3 Å². The smallest absolute Gasteiger partial charge is 0.225 e. The van der Waals surface area contributed by atoms with Gasteiger partial charge in [0.15, 0.2) is 0 Å². The van der Waals surface area contributed by atoms with Gasteiger partial charge in [0.05, 0.1) is 19.6 Å². The van der Waals surface area contributed by atoms with Gasteiger partial charge in [0.2, 0.25) is 5.91 Å². The molecule has 0 aliphatic heterocycles. The van der Waals surface area contributed by atoms with E-state index in [4.69, 9.17) is 16.3 Å². The van der Waals surface area contributed by atoms with Crippen molar-refractivity contribution in [3.8, 4) is 5.75 Å². The zero-order valence-corrected chi connectivity index (χ0v) is 14.7. The number of methoxy groups -OCH3 is 1. The fraction of sp³-hybridized carbons (Fsp3) is 0.235. The van der Waals surface area contributed by atoms with Crippen LogP contribution in [0.1, 0.15) is 24.1 Å². The highest BCUT2D eigenvalue weighted by molar-refractivity contribution is 9.10. The van der Waals surface area contributed by atoms with Crippen molar-refractivity contribution in [1.82, 2.24) is 5.32 Å². The van der Waals surface area contributed by atoms with Gasteiger partial charge in [-0.15, -0.1) is 0 Å². The third-order valence-corrected chi connectivity index (χ3v) is 4.30. The molecule has 0 aliphatic carbocycles. The van der Waals surface area contributed by atoms with E-state index in [9.17, 15) is 4.79 Å². The molecule has 116 valence electrons. The SMILES string of the molecule is COc1ccc(Cl)cc1CC(=O)NC(C)c1ccccc1Br. The molecule has 0 saturated carbocycles.